The summed E-state index contributed by atoms with van der Waals surface area (Å²) in [5, 5.41) is 16.0. The van der Waals surface area contributed by atoms with E-state index < -0.39 is 41.4 Å². The molecule has 2 aliphatic rings. The molecular formula is C21H20F6N4O3. The number of likely N-dealkylation sites (tertiary alicyclic amines) is 1. The summed E-state index contributed by atoms with van der Waals surface area (Å²) in [7, 11) is 0. The second-order valence-corrected chi connectivity index (χ2v) is 8.39. The zero-order valence-corrected chi connectivity index (χ0v) is 17.6. The van der Waals surface area contributed by atoms with Crippen LogP contribution in [-0.4, -0.2) is 56.7 Å². The highest BCUT2D eigenvalue weighted by Crippen LogP contribution is 2.39. The van der Waals surface area contributed by atoms with E-state index in [4.69, 9.17) is 0 Å². The van der Waals surface area contributed by atoms with Gasteiger partial charge in [-0.15, -0.1) is 0 Å². The lowest BCUT2D eigenvalue weighted by molar-refractivity contribution is -0.143. The lowest BCUT2D eigenvalue weighted by atomic mass is 9.87. The Balaban J connectivity index is 1.50. The summed E-state index contributed by atoms with van der Waals surface area (Å²) in [5.41, 5.74) is -1.56. The van der Waals surface area contributed by atoms with Gasteiger partial charge in [0, 0.05) is 37.3 Å². The first-order valence-corrected chi connectivity index (χ1v) is 10.5. The number of hydrogen-bond acceptors (Lipinski definition) is 3. The summed E-state index contributed by atoms with van der Waals surface area (Å²) in [6.07, 6.45) is -10.2. The van der Waals surface area contributed by atoms with Gasteiger partial charge in [0.05, 0.1) is 17.7 Å². The normalized spacial score (nSPS) is 17.6. The fourth-order valence-electron chi connectivity index (χ4n) is 4.42. The minimum absolute atomic E-state index is 0.00313. The second kappa shape index (κ2) is 8.51. The maximum Gasteiger partial charge on any atom is 0.416 e. The predicted molar refractivity (Wildman–Crippen MR) is 105 cm³/mol. The van der Waals surface area contributed by atoms with Gasteiger partial charge in [-0.1, -0.05) is 0 Å². The van der Waals surface area contributed by atoms with Crippen LogP contribution in [0.3, 0.4) is 0 Å². The minimum Gasteiger partial charge on any atom is -0.465 e. The predicted octanol–water partition coefficient (Wildman–Crippen LogP) is 4.50. The van der Waals surface area contributed by atoms with E-state index in [0.29, 0.717) is 17.7 Å². The molecule has 0 atom stereocenters. The number of hydrogen-bond donors (Lipinski definition) is 2. The third kappa shape index (κ3) is 4.68. The number of carbonyl (C=O) groups is 2. The van der Waals surface area contributed by atoms with Crippen molar-refractivity contribution in [2.75, 3.05) is 19.6 Å². The summed E-state index contributed by atoms with van der Waals surface area (Å²) in [6, 6.07) is 1.58. The fourth-order valence-corrected chi connectivity index (χ4v) is 4.42. The van der Waals surface area contributed by atoms with Gasteiger partial charge in [-0.3, -0.25) is 9.89 Å². The van der Waals surface area contributed by atoms with Gasteiger partial charge in [0.2, 0.25) is 0 Å². The average molecular weight is 490 g/mol. The molecule has 7 nitrogen and oxygen atoms in total. The molecule has 2 aromatic rings. The van der Waals surface area contributed by atoms with Gasteiger partial charge in [0.25, 0.3) is 5.91 Å². The Labute approximate surface area is 189 Å². The Morgan fingerprint density at radius 3 is 2.06 bits per heavy atom. The Bertz CT molecular complexity index is 1070. The molecule has 1 fully saturated rings. The van der Waals surface area contributed by atoms with Gasteiger partial charge >= 0.3 is 18.4 Å². The number of alkyl halides is 6. The first kappa shape index (κ1) is 23.9. The molecule has 0 bridgehead atoms. The fraction of sp³-hybridized carbons (Fsp3) is 0.476. The van der Waals surface area contributed by atoms with Crippen molar-refractivity contribution in [3.8, 4) is 0 Å². The summed E-state index contributed by atoms with van der Waals surface area (Å²) < 4.78 is 79.0. The van der Waals surface area contributed by atoms with Gasteiger partial charge in [-0.05, 0) is 42.5 Å². The van der Waals surface area contributed by atoms with Crippen LogP contribution in [0.4, 0.5) is 31.1 Å². The lowest BCUT2D eigenvalue weighted by Crippen LogP contribution is -2.40. The smallest absolute Gasteiger partial charge is 0.416 e. The minimum atomic E-state index is -4.92. The molecule has 1 saturated heterocycles. The van der Waals surface area contributed by atoms with Gasteiger partial charge in [0.15, 0.2) is 5.69 Å². The molecule has 2 N–H and O–H groups in total. The number of piperidine rings is 1. The maximum absolute atomic E-state index is 13.2. The number of carbonyl (C=O) groups excluding carboxylic acids is 1. The van der Waals surface area contributed by atoms with Gasteiger partial charge < -0.3 is 14.9 Å². The largest absolute Gasteiger partial charge is 0.465 e. The molecule has 0 saturated carbocycles. The quantitative estimate of drug-likeness (QED) is 0.607. The highest BCUT2D eigenvalue weighted by atomic mass is 19.4. The molecule has 1 aromatic heterocycles. The second-order valence-electron chi connectivity index (χ2n) is 8.39. The van der Waals surface area contributed by atoms with Crippen LogP contribution in [0.1, 0.15) is 57.2 Å². The summed E-state index contributed by atoms with van der Waals surface area (Å²) in [4.78, 5) is 26.9. The number of benzene rings is 1. The molecule has 1 aromatic carbocycles. The molecule has 4 rings (SSSR count). The number of halogens is 6. The van der Waals surface area contributed by atoms with Crippen LogP contribution in [0.5, 0.6) is 0 Å². The van der Waals surface area contributed by atoms with E-state index in [0.717, 1.165) is 17.0 Å². The number of fused-ring (bicyclic) bond motifs is 1. The molecule has 2 aliphatic heterocycles. The van der Waals surface area contributed by atoms with E-state index in [1.54, 1.807) is 0 Å². The van der Waals surface area contributed by atoms with Crippen molar-refractivity contribution >= 4 is 12.0 Å². The standard InChI is InChI=1S/C21H20F6N4O3/c22-20(23,24)13-7-12(8-14(9-13)21(25,26)27)11-1-4-30(5-2-11)18(32)17-15-10-31(19(33)34)6-3-16(15)28-29-17/h7-9,11H,1-6,10H2,(H,28,29)(H,33,34). The van der Waals surface area contributed by atoms with Crippen molar-refractivity contribution in [3.05, 3.63) is 51.8 Å². The van der Waals surface area contributed by atoms with Crippen molar-refractivity contribution < 1.29 is 41.0 Å². The molecule has 0 spiro atoms. The Morgan fingerprint density at radius 1 is 0.941 bits per heavy atom. The van der Waals surface area contributed by atoms with E-state index in [-0.39, 0.29) is 56.3 Å². The Hall–Kier alpha value is -3.25. The van der Waals surface area contributed by atoms with E-state index in [9.17, 15) is 41.0 Å². The highest BCUT2D eigenvalue weighted by Gasteiger charge is 2.38. The number of nitrogens with one attached hydrogen (secondary N) is 1. The van der Waals surface area contributed by atoms with E-state index in [2.05, 4.69) is 10.2 Å². The van der Waals surface area contributed by atoms with Crippen molar-refractivity contribution in [3.63, 3.8) is 0 Å². The van der Waals surface area contributed by atoms with Crippen LogP contribution in [-0.2, 0) is 25.3 Å². The van der Waals surface area contributed by atoms with Crippen LogP contribution in [0, 0.1) is 0 Å². The van der Waals surface area contributed by atoms with Crippen molar-refractivity contribution in [1.29, 1.82) is 0 Å². The summed E-state index contributed by atoms with van der Waals surface area (Å²) in [5.74, 6) is -1.04. The number of H-pyrrole nitrogens is 1. The first-order valence-electron chi connectivity index (χ1n) is 10.5. The van der Waals surface area contributed by atoms with Gasteiger partial charge in [-0.25, -0.2) is 4.79 Å². The number of nitrogens with zero attached hydrogens (tertiary/aromatic N) is 3. The van der Waals surface area contributed by atoms with Crippen molar-refractivity contribution in [1.82, 2.24) is 20.0 Å². The average Bonchev–Trinajstić information content (AvgIpc) is 3.20. The number of rotatable bonds is 2. The molecule has 13 heteroatoms. The molecular weight excluding hydrogens is 470 g/mol. The SMILES string of the molecule is O=C(O)N1CCc2[nH]nc(C(=O)N3CCC(c4cc(C(F)(F)F)cc(C(F)(F)F)c4)CC3)c2C1. The molecule has 0 radical (unpaired) electrons. The number of carboxylic acid groups (broad SMARTS) is 1. The molecule has 0 aliphatic carbocycles. The molecule has 0 unspecified atom stereocenters. The number of aromatic amines is 1. The lowest BCUT2D eigenvalue weighted by Gasteiger charge is -2.33. The van der Waals surface area contributed by atoms with Crippen LogP contribution >= 0.6 is 0 Å². The highest BCUT2D eigenvalue weighted by molar-refractivity contribution is 5.94. The number of amides is 2. The molecule has 3 heterocycles. The van der Waals surface area contributed by atoms with Crippen LogP contribution in [0.25, 0.3) is 0 Å². The molecule has 34 heavy (non-hydrogen) atoms. The maximum atomic E-state index is 13.2. The summed E-state index contributed by atoms with van der Waals surface area (Å²) >= 11 is 0. The van der Waals surface area contributed by atoms with Gasteiger partial charge in [0.1, 0.15) is 0 Å². The van der Waals surface area contributed by atoms with E-state index >= 15 is 0 Å². The van der Waals surface area contributed by atoms with Crippen LogP contribution < -0.4 is 0 Å². The molecule has 184 valence electrons. The number of aromatic nitrogens is 2. The van der Waals surface area contributed by atoms with Crippen LogP contribution in [0.2, 0.25) is 0 Å². The van der Waals surface area contributed by atoms with E-state index in [1.165, 1.54) is 4.90 Å². The van der Waals surface area contributed by atoms with Crippen molar-refractivity contribution in [2.45, 2.75) is 44.1 Å². The zero-order chi connectivity index (χ0) is 24.8. The van der Waals surface area contributed by atoms with Crippen molar-refractivity contribution in [2.24, 2.45) is 0 Å². The first-order chi connectivity index (χ1) is 15.8. The third-order valence-electron chi connectivity index (χ3n) is 6.27. The molecule has 2 amide bonds. The van der Waals surface area contributed by atoms with Crippen LogP contribution in [0.15, 0.2) is 18.2 Å². The van der Waals surface area contributed by atoms with E-state index in [1.807, 2.05) is 0 Å². The zero-order valence-electron chi connectivity index (χ0n) is 17.6. The Morgan fingerprint density at radius 2 is 1.53 bits per heavy atom. The Kier molecular flexibility index (Phi) is 5.98. The van der Waals surface area contributed by atoms with Gasteiger partial charge in [-0.2, -0.15) is 31.4 Å². The monoisotopic (exact) mass is 490 g/mol. The third-order valence-corrected chi connectivity index (χ3v) is 6.27. The topological polar surface area (TPSA) is 89.5 Å². The summed E-state index contributed by atoms with van der Waals surface area (Å²) in [6.45, 7) is 0.500.